The van der Waals surface area contributed by atoms with Gasteiger partial charge >= 0.3 is 0 Å². The van der Waals surface area contributed by atoms with Crippen LogP contribution in [0.2, 0.25) is 0 Å². The third kappa shape index (κ3) is 4.88. The zero-order chi connectivity index (χ0) is 22.8. The molecule has 4 nitrogen and oxygen atoms in total. The third-order valence-corrected chi connectivity index (χ3v) is 5.37. The molecule has 1 fully saturated rings. The smallest absolute Gasteiger partial charge is 0.260 e. The van der Waals surface area contributed by atoms with Gasteiger partial charge in [0.2, 0.25) is 5.91 Å². The first-order valence-electron chi connectivity index (χ1n) is 10.3. The van der Waals surface area contributed by atoms with Gasteiger partial charge in [0.15, 0.2) is 0 Å². The fraction of sp³-hybridized carbons (Fsp3) is 0.320. The van der Waals surface area contributed by atoms with E-state index in [0.29, 0.717) is 10.9 Å². The van der Waals surface area contributed by atoms with E-state index in [0.717, 1.165) is 40.5 Å². The number of fused-ring (bicyclic) bond motifs is 1. The van der Waals surface area contributed by atoms with Crippen molar-refractivity contribution in [2.45, 2.75) is 46.0 Å². The molecule has 1 heterocycles. The normalized spacial score (nSPS) is 17.9. The summed E-state index contributed by atoms with van der Waals surface area (Å²) in [5.41, 5.74) is 4.24. The Hall–Kier alpha value is -3.33. The van der Waals surface area contributed by atoms with Gasteiger partial charge in [-0.15, -0.1) is 0 Å². The van der Waals surface area contributed by atoms with Crippen LogP contribution in [0.1, 0.15) is 51.2 Å². The lowest BCUT2D eigenvalue weighted by atomic mass is 9.91. The zero-order valence-electron chi connectivity index (χ0n) is 17.9. The number of alkyl halides is 2. The van der Waals surface area contributed by atoms with Crippen molar-refractivity contribution in [1.29, 1.82) is 5.26 Å². The van der Waals surface area contributed by atoms with Crippen LogP contribution in [0, 0.1) is 17.2 Å². The van der Waals surface area contributed by atoms with E-state index in [4.69, 9.17) is 0 Å². The topological polar surface area (TPSA) is 65.8 Å². The van der Waals surface area contributed by atoms with Crippen LogP contribution in [0.4, 0.5) is 14.6 Å². The number of nitrogens with one attached hydrogen (secondary N) is 1. The Bertz CT molecular complexity index is 1160. The molecule has 0 aliphatic heterocycles. The van der Waals surface area contributed by atoms with Gasteiger partial charge in [0.1, 0.15) is 11.7 Å². The maximum Gasteiger partial charge on any atom is 0.260 e. The van der Waals surface area contributed by atoms with Gasteiger partial charge in [0.05, 0.1) is 11.6 Å². The van der Waals surface area contributed by atoms with Crippen molar-refractivity contribution in [2.24, 2.45) is 5.92 Å². The SMILES string of the molecule is C=C(/C=C(C)\C(=C/C)c1cc2cnc(NC(=O)C3CC3(F)F)cc2cc1C#N)CCC. The Morgan fingerprint density at radius 1 is 1.39 bits per heavy atom. The number of benzene rings is 1. The molecule has 6 heteroatoms. The van der Waals surface area contributed by atoms with Gasteiger partial charge in [-0.25, -0.2) is 13.8 Å². The lowest BCUT2D eigenvalue weighted by Gasteiger charge is -2.13. The second kappa shape index (κ2) is 8.81. The summed E-state index contributed by atoms with van der Waals surface area (Å²) >= 11 is 0. The molecular weight excluding hydrogens is 396 g/mol. The summed E-state index contributed by atoms with van der Waals surface area (Å²) in [6, 6.07) is 7.45. The van der Waals surface area contributed by atoms with Crippen molar-refractivity contribution >= 4 is 28.1 Å². The molecule has 160 valence electrons. The molecule has 0 saturated heterocycles. The summed E-state index contributed by atoms with van der Waals surface area (Å²) in [4.78, 5) is 16.1. The first kappa shape index (κ1) is 22.4. The Morgan fingerprint density at radius 2 is 2.10 bits per heavy atom. The molecule has 1 saturated carbocycles. The molecule has 1 atom stereocenters. The number of anilines is 1. The number of nitrogens with zero attached hydrogens (tertiary/aromatic N) is 2. The summed E-state index contributed by atoms with van der Waals surface area (Å²) in [6.07, 6.45) is 7.05. The lowest BCUT2D eigenvalue weighted by molar-refractivity contribution is -0.119. The molecule has 31 heavy (non-hydrogen) atoms. The predicted octanol–water partition coefficient (Wildman–Crippen LogP) is 6.41. The summed E-state index contributed by atoms with van der Waals surface area (Å²) in [5.74, 6) is -4.77. The van der Waals surface area contributed by atoms with E-state index in [1.165, 1.54) is 0 Å². The molecule has 1 unspecified atom stereocenters. The van der Waals surface area contributed by atoms with Gasteiger partial charge in [0.25, 0.3) is 5.92 Å². The molecule has 1 aliphatic rings. The maximum absolute atomic E-state index is 13.1. The van der Waals surface area contributed by atoms with E-state index in [1.54, 1.807) is 18.3 Å². The van der Waals surface area contributed by atoms with E-state index in [2.05, 4.69) is 29.9 Å². The van der Waals surface area contributed by atoms with Gasteiger partial charge in [-0.05, 0) is 55.0 Å². The summed E-state index contributed by atoms with van der Waals surface area (Å²) in [7, 11) is 0. The molecule has 1 aliphatic carbocycles. The molecular formula is C25H25F2N3O. The monoisotopic (exact) mass is 421 g/mol. The largest absolute Gasteiger partial charge is 0.310 e. The van der Waals surface area contributed by atoms with Crippen LogP contribution in [0.15, 0.2) is 54.3 Å². The second-order valence-corrected chi connectivity index (χ2v) is 7.87. The van der Waals surface area contributed by atoms with Crippen LogP contribution >= 0.6 is 0 Å². The predicted molar refractivity (Wildman–Crippen MR) is 120 cm³/mol. The summed E-state index contributed by atoms with van der Waals surface area (Å²) in [5, 5.41) is 13.7. The van der Waals surface area contributed by atoms with Crippen molar-refractivity contribution in [2.75, 3.05) is 5.32 Å². The van der Waals surface area contributed by atoms with Gasteiger partial charge in [0, 0.05) is 23.6 Å². The molecule has 1 aromatic carbocycles. The number of carbonyl (C=O) groups is 1. The van der Waals surface area contributed by atoms with Crippen molar-refractivity contribution in [3.05, 3.63) is 65.4 Å². The van der Waals surface area contributed by atoms with Crippen LogP contribution < -0.4 is 5.32 Å². The number of aromatic nitrogens is 1. The minimum atomic E-state index is -2.93. The lowest BCUT2D eigenvalue weighted by Crippen LogP contribution is -2.18. The Labute approximate surface area is 181 Å². The Kier molecular flexibility index (Phi) is 6.35. The van der Waals surface area contributed by atoms with Gasteiger partial charge in [-0.1, -0.05) is 37.6 Å². The number of amides is 1. The van der Waals surface area contributed by atoms with E-state index < -0.39 is 24.2 Å². The highest BCUT2D eigenvalue weighted by molar-refractivity contribution is 5.97. The van der Waals surface area contributed by atoms with Crippen molar-refractivity contribution in [1.82, 2.24) is 4.98 Å². The van der Waals surface area contributed by atoms with Crippen LogP contribution in [0.3, 0.4) is 0 Å². The van der Waals surface area contributed by atoms with Crippen LogP contribution in [0.25, 0.3) is 16.3 Å². The minimum absolute atomic E-state index is 0.190. The van der Waals surface area contributed by atoms with Gasteiger partial charge in [-0.3, -0.25) is 4.79 Å². The fourth-order valence-corrected chi connectivity index (χ4v) is 3.66. The molecule has 0 spiro atoms. The first-order chi connectivity index (χ1) is 14.7. The number of rotatable bonds is 7. The number of nitriles is 1. The molecule has 1 amide bonds. The number of allylic oxidation sites excluding steroid dienone is 5. The standard InChI is InChI=1S/C25H25F2N3O/c1-5-7-15(3)8-16(4)20(6-2)21-10-19-14-29-23(11-17(19)9-18(21)13-28)30-24(31)22-12-25(22,26)27/h6,8-11,14,22H,3,5,7,12H2,1-2,4H3,(H,29,30,31)/b16-8-,20-6+. The van der Waals surface area contributed by atoms with Gasteiger partial charge < -0.3 is 5.32 Å². The molecule has 1 N–H and O–H groups in total. The summed E-state index contributed by atoms with van der Waals surface area (Å²) in [6.45, 7) is 10.1. The minimum Gasteiger partial charge on any atom is -0.310 e. The number of hydrogen-bond acceptors (Lipinski definition) is 3. The Morgan fingerprint density at radius 3 is 2.68 bits per heavy atom. The number of pyridine rings is 1. The van der Waals surface area contributed by atoms with Crippen molar-refractivity contribution in [3.63, 3.8) is 0 Å². The molecule has 0 radical (unpaired) electrons. The molecule has 2 aromatic rings. The van der Waals surface area contributed by atoms with Gasteiger partial charge in [-0.2, -0.15) is 5.26 Å². The highest BCUT2D eigenvalue weighted by Crippen LogP contribution is 2.49. The highest BCUT2D eigenvalue weighted by Gasteiger charge is 2.61. The fourth-order valence-electron chi connectivity index (χ4n) is 3.66. The Balaban J connectivity index is 1.94. The van der Waals surface area contributed by atoms with E-state index in [9.17, 15) is 18.8 Å². The van der Waals surface area contributed by atoms with E-state index in [-0.39, 0.29) is 5.82 Å². The average molecular weight is 421 g/mol. The molecule has 0 bridgehead atoms. The zero-order valence-corrected chi connectivity index (χ0v) is 17.9. The summed E-state index contributed by atoms with van der Waals surface area (Å²) < 4.78 is 26.2. The maximum atomic E-state index is 13.1. The number of carbonyl (C=O) groups excluding carboxylic acids is 1. The second-order valence-electron chi connectivity index (χ2n) is 7.87. The highest BCUT2D eigenvalue weighted by atomic mass is 19.3. The number of halogens is 2. The molecule has 3 rings (SSSR count). The molecule has 1 aromatic heterocycles. The third-order valence-electron chi connectivity index (χ3n) is 5.37. The van der Waals surface area contributed by atoms with E-state index >= 15 is 0 Å². The van der Waals surface area contributed by atoms with Crippen molar-refractivity contribution in [3.8, 4) is 6.07 Å². The number of hydrogen-bond donors (Lipinski definition) is 1. The quantitative estimate of drug-likeness (QED) is 0.526. The van der Waals surface area contributed by atoms with Crippen molar-refractivity contribution < 1.29 is 13.6 Å². The van der Waals surface area contributed by atoms with E-state index in [1.807, 2.05) is 32.1 Å². The van der Waals surface area contributed by atoms with Crippen LogP contribution in [-0.4, -0.2) is 16.8 Å². The average Bonchev–Trinajstić information content (AvgIpc) is 3.36. The van der Waals surface area contributed by atoms with Crippen LogP contribution in [-0.2, 0) is 4.79 Å². The first-order valence-corrected chi connectivity index (χ1v) is 10.3. The van der Waals surface area contributed by atoms with Crippen LogP contribution in [0.5, 0.6) is 0 Å².